The molecule has 0 aliphatic rings. The number of hydrogen-bond acceptors (Lipinski definition) is 5. The summed E-state index contributed by atoms with van der Waals surface area (Å²) in [6.07, 6.45) is 4.54. The van der Waals surface area contributed by atoms with Crippen molar-refractivity contribution in [2.75, 3.05) is 14.2 Å². The molecule has 6 nitrogen and oxygen atoms in total. The Balaban J connectivity index is 2.26. The molecule has 0 bridgehead atoms. The van der Waals surface area contributed by atoms with Crippen molar-refractivity contribution in [2.45, 2.75) is 12.5 Å². The highest BCUT2D eigenvalue weighted by molar-refractivity contribution is 5.43. The predicted molar refractivity (Wildman–Crippen MR) is 76.5 cm³/mol. The first-order valence-corrected chi connectivity index (χ1v) is 6.33. The molecule has 2 aromatic rings. The summed E-state index contributed by atoms with van der Waals surface area (Å²) < 4.78 is 12.4. The number of benzene rings is 1. The fourth-order valence-electron chi connectivity index (χ4n) is 2.18. The molecular weight excluding hydrogens is 256 g/mol. The van der Waals surface area contributed by atoms with Gasteiger partial charge in [-0.3, -0.25) is 16.0 Å². The zero-order valence-corrected chi connectivity index (χ0v) is 12.0. The maximum Gasteiger partial charge on any atom is 0.127 e. The van der Waals surface area contributed by atoms with Gasteiger partial charge >= 0.3 is 0 Å². The van der Waals surface area contributed by atoms with Crippen LogP contribution in [-0.4, -0.2) is 24.0 Å². The lowest BCUT2D eigenvalue weighted by atomic mass is 10.00. The third-order valence-corrected chi connectivity index (χ3v) is 3.22. The van der Waals surface area contributed by atoms with Crippen LogP contribution in [0.2, 0.25) is 0 Å². The zero-order valence-electron chi connectivity index (χ0n) is 12.0. The van der Waals surface area contributed by atoms with Crippen LogP contribution >= 0.6 is 0 Å². The summed E-state index contributed by atoms with van der Waals surface area (Å²) in [6.45, 7) is 0. The van der Waals surface area contributed by atoms with Gasteiger partial charge in [-0.2, -0.15) is 5.10 Å². The smallest absolute Gasteiger partial charge is 0.127 e. The Bertz CT molecular complexity index is 568. The number of rotatable bonds is 6. The first-order chi connectivity index (χ1) is 9.67. The number of hydrazine groups is 1. The Morgan fingerprint density at radius 2 is 2.15 bits per heavy atom. The lowest BCUT2D eigenvalue weighted by Gasteiger charge is -2.19. The number of aromatic nitrogens is 2. The second-order valence-electron chi connectivity index (χ2n) is 4.55. The number of nitrogens with one attached hydrogen (secondary N) is 1. The molecule has 1 atom stereocenters. The molecule has 1 aromatic heterocycles. The largest absolute Gasteiger partial charge is 0.497 e. The second kappa shape index (κ2) is 6.40. The minimum Gasteiger partial charge on any atom is -0.497 e. The maximum atomic E-state index is 5.69. The molecule has 108 valence electrons. The monoisotopic (exact) mass is 276 g/mol. The van der Waals surface area contributed by atoms with Crippen molar-refractivity contribution in [3.05, 3.63) is 41.7 Å². The van der Waals surface area contributed by atoms with E-state index in [9.17, 15) is 0 Å². The quantitative estimate of drug-likeness (QED) is 0.612. The van der Waals surface area contributed by atoms with Crippen LogP contribution in [0.25, 0.3) is 0 Å². The summed E-state index contributed by atoms with van der Waals surface area (Å²) in [6, 6.07) is 5.65. The van der Waals surface area contributed by atoms with Gasteiger partial charge in [-0.25, -0.2) is 0 Å². The van der Waals surface area contributed by atoms with Gasteiger partial charge in [0.25, 0.3) is 0 Å². The molecule has 1 heterocycles. The molecular formula is C14H20N4O2. The van der Waals surface area contributed by atoms with E-state index in [0.29, 0.717) is 0 Å². The topological polar surface area (TPSA) is 74.3 Å². The summed E-state index contributed by atoms with van der Waals surface area (Å²) in [4.78, 5) is 0. The Labute approximate surface area is 118 Å². The minimum absolute atomic E-state index is 0.0555. The molecule has 0 spiro atoms. The van der Waals surface area contributed by atoms with Crippen molar-refractivity contribution in [1.29, 1.82) is 0 Å². The van der Waals surface area contributed by atoms with E-state index in [4.69, 9.17) is 15.3 Å². The van der Waals surface area contributed by atoms with Gasteiger partial charge in [0.1, 0.15) is 11.5 Å². The summed E-state index contributed by atoms with van der Waals surface area (Å²) in [5.41, 5.74) is 4.92. The van der Waals surface area contributed by atoms with Crippen LogP contribution in [0.4, 0.5) is 0 Å². The molecule has 1 aromatic carbocycles. The van der Waals surface area contributed by atoms with Gasteiger partial charge in [0.15, 0.2) is 0 Å². The Morgan fingerprint density at radius 3 is 2.70 bits per heavy atom. The Morgan fingerprint density at radius 1 is 1.35 bits per heavy atom. The van der Waals surface area contributed by atoms with Crippen molar-refractivity contribution in [3.63, 3.8) is 0 Å². The van der Waals surface area contributed by atoms with E-state index in [0.717, 1.165) is 29.0 Å². The van der Waals surface area contributed by atoms with Crippen molar-refractivity contribution in [3.8, 4) is 11.5 Å². The van der Waals surface area contributed by atoms with Gasteiger partial charge in [-0.05, 0) is 18.1 Å². The molecule has 2 rings (SSSR count). The summed E-state index contributed by atoms with van der Waals surface area (Å²) >= 11 is 0. The maximum absolute atomic E-state index is 5.69. The third kappa shape index (κ3) is 3.09. The predicted octanol–water partition coefficient (Wildman–Crippen LogP) is 1.18. The third-order valence-electron chi connectivity index (χ3n) is 3.22. The van der Waals surface area contributed by atoms with Crippen LogP contribution in [0.3, 0.4) is 0 Å². The van der Waals surface area contributed by atoms with Crippen LogP contribution in [0.1, 0.15) is 17.2 Å². The van der Waals surface area contributed by atoms with E-state index < -0.39 is 0 Å². The van der Waals surface area contributed by atoms with E-state index in [1.165, 1.54) is 0 Å². The molecule has 0 aliphatic carbocycles. The first-order valence-electron chi connectivity index (χ1n) is 6.33. The Kier molecular flexibility index (Phi) is 4.60. The lowest BCUT2D eigenvalue weighted by molar-refractivity contribution is 0.384. The van der Waals surface area contributed by atoms with Gasteiger partial charge in [0, 0.05) is 24.9 Å². The van der Waals surface area contributed by atoms with Gasteiger partial charge < -0.3 is 9.47 Å². The van der Waals surface area contributed by atoms with Crippen LogP contribution in [0.15, 0.2) is 30.6 Å². The van der Waals surface area contributed by atoms with E-state index in [2.05, 4.69) is 10.5 Å². The minimum atomic E-state index is -0.0555. The van der Waals surface area contributed by atoms with E-state index >= 15 is 0 Å². The van der Waals surface area contributed by atoms with Crippen LogP contribution in [0, 0.1) is 0 Å². The normalized spacial score (nSPS) is 12.2. The van der Waals surface area contributed by atoms with Gasteiger partial charge in [-0.15, -0.1) is 0 Å². The molecule has 0 saturated heterocycles. The zero-order chi connectivity index (χ0) is 14.5. The standard InChI is InChI=1S/C14H20N4O2/c1-18-9-10(8-16-18)6-13(17-15)12-5-4-11(19-2)7-14(12)20-3/h4-5,7-9,13,17H,6,15H2,1-3H3. The van der Waals surface area contributed by atoms with Crippen LogP contribution in [-0.2, 0) is 13.5 Å². The molecule has 0 amide bonds. The van der Waals surface area contributed by atoms with Gasteiger partial charge in [0.05, 0.1) is 26.5 Å². The van der Waals surface area contributed by atoms with Crippen molar-refractivity contribution in [2.24, 2.45) is 12.9 Å². The first kappa shape index (κ1) is 14.4. The number of methoxy groups -OCH3 is 2. The Hall–Kier alpha value is -2.05. The van der Waals surface area contributed by atoms with Gasteiger partial charge in [-0.1, -0.05) is 6.07 Å². The molecule has 6 heteroatoms. The molecule has 0 saturated carbocycles. The van der Waals surface area contributed by atoms with E-state index in [1.54, 1.807) is 18.9 Å². The van der Waals surface area contributed by atoms with Gasteiger partial charge in [0.2, 0.25) is 0 Å². The van der Waals surface area contributed by atoms with E-state index in [-0.39, 0.29) is 6.04 Å². The average Bonchev–Trinajstić information content (AvgIpc) is 2.89. The van der Waals surface area contributed by atoms with E-state index in [1.807, 2.05) is 37.6 Å². The number of nitrogens with two attached hydrogens (primary N) is 1. The number of nitrogens with zero attached hydrogens (tertiary/aromatic N) is 2. The number of aryl methyl sites for hydroxylation is 1. The summed E-state index contributed by atoms with van der Waals surface area (Å²) in [5, 5.41) is 4.16. The highest BCUT2D eigenvalue weighted by atomic mass is 16.5. The number of hydrogen-bond donors (Lipinski definition) is 2. The van der Waals surface area contributed by atoms with Crippen molar-refractivity contribution in [1.82, 2.24) is 15.2 Å². The molecule has 0 fully saturated rings. The highest BCUT2D eigenvalue weighted by Crippen LogP contribution is 2.30. The van der Waals surface area contributed by atoms with Crippen molar-refractivity contribution < 1.29 is 9.47 Å². The SMILES string of the molecule is COc1ccc(C(Cc2cnn(C)c2)NN)c(OC)c1. The lowest BCUT2D eigenvalue weighted by Crippen LogP contribution is -2.29. The van der Waals surface area contributed by atoms with Crippen LogP contribution < -0.4 is 20.7 Å². The van der Waals surface area contributed by atoms with Crippen LogP contribution in [0.5, 0.6) is 11.5 Å². The molecule has 0 aliphatic heterocycles. The molecule has 1 unspecified atom stereocenters. The summed E-state index contributed by atoms with van der Waals surface area (Å²) in [7, 11) is 5.15. The highest BCUT2D eigenvalue weighted by Gasteiger charge is 2.17. The number of ether oxygens (including phenoxy) is 2. The molecule has 20 heavy (non-hydrogen) atoms. The van der Waals surface area contributed by atoms with Crippen molar-refractivity contribution >= 4 is 0 Å². The summed E-state index contributed by atoms with van der Waals surface area (Å²) in [5.74, 6) is 7.19. The molecule has 0 radical (unpaired) electrons. The average molecular weight is 276 g/mol. The second-order valence-corrected chi connectivity index (χ2v) is 4.55. The fourth-order valence-corrected chi connectivity index (χ4v) is 2.18. The molecule has 3 N–H and O–H groups in total. The fraction of sp³-hybridized carbons (Fsp3) is 0.357.